The normalized spacial score (nSPS) is 9.33. The van der Waals surface area contributed by atoms with Crippen LogP contribution in [0.25, 0.3) is 0 Å². The minimum Gasteiger partial charge on any atom is -0.393 e. The van der Waals surface area contributed by atoms with Gasteiger partial charge in [0.2, 0.25) is 0 Å². The molecule has 0 fully saturated rings. The standard InChI is InChI=1S/C5H7N3S/c6-5(9)1-4-2-7-8-3-4/h2-3H,1H2,(H2,6,9)(H,7,8). The summed E-state index contributed by atoms with van der Waals surface area (Å²) in [5.74, 6) is 0. The maximum Gasteiger partial charge on any atom is 0.0772 e. The number of rotatable bonds is 2. The molecule has 1 heterocycles. The van der Waals surface area contributed by atoms with Gasteiger partial charge in [0, 0.05) is 12.6 Å². The van der Waals surface area contributed by atoms with Crippen molar-refractivity contribution in [3.63, 3.8) is 0 Å². The number of H-pyrrole nitrogens is 1. The number of aromatic amines is 1. The molecule has 0 amide bonds. The number of aromatic nitrogens is 2. The molecule has 0 aliphatic carbocycles. The van der Waals surface area contributed by atoms with Gasteiger partial charge in [-0.3, -0.25) is 5.10 Å². The van der Waals surface area contributed by atoms with Crippen molar-refractivity contribution in [1.29, 1.82) is 0 Å². The van der Waals surface area contributed by atoms with E-state index in [1.165, 1.54) is 0 Å². The molecular weight excluding hydrogens is 134 g/mol. The summed E-state index contributed by atoms with van der Waals surface area (Å²) in [5.41, 5.74) is 6.30. The summed E-state index contributed by atoms with van der Waals surface area (Å²) in [6, 6.07) is 0. The fourth-order valence-corrected chi connectivity index (χ4v) is 0.742. The van der Waals surface area contributed by atoms with Crippen LogP contribution in [0.5, 0.6) is 0 Å². The monoisotopic (exact) mass is 141 g/mol. The molecule has 0 aliphatic rings. The average Bonchev–Trinajstić information content (AvgIpc) is 2.15. The quantitative estimate of drug-likeness (QED) is 0.580. The zero-order valence-corrected chi connectivity index (χ0v) is 5.61. The second-order valence-electron chi connectivity index (χ2n) is 1.75. The van der Waals surface area contributed by atoms with E-state index in [1.54, 1.807) is 12.4 Å². The Hall–Kier alpha value is -0.900. The Labute approximate surface area is 58.3 Å². The average molecular weight is 141 g/mol. The second kappa shape index (κ2) is 2.59. The van der Waals surface area contributed by atoms with Crippen molar-refractivity contribution >= 4 is 17.2 Å². The first-order chi connectivity index (χ1) is 4.29. The van der Waals surface area contributed by atoms with Gasteiger partial charge in [0.25, 0.3) is 0 Å². The summed E-state index contributed by atoms with van der Waals surface area (Å²) in [7, 11) is 0. The van der Waals surface area contributed by atoms with Crippen LogP contribution in [-0.2, 0) is 6.42 Å². The predicted octanol–water partition coefficient (Wildman–Crippen LogP) is 0.238. The van der Waals surface area contributed by atoms with Crippen molar-refractivity contribution in [2.45, 2.75) is 6.42 Å². The van der Waals surface area contributed by atoms with Crippen molar-refractivity contribution in [3.05, 3.63) is 18.0 Å². The van der Waals surface area contributed by atoms with Crippen LogP contribution >= 0.6 is 12.2 Å². The molecule has 0 saturated carbocycles. The number of nitrogens with two attached hydrogens (primary N) is 1. The molecule has 9 heavy (non-hydrogen) atoms. The Morgan fingerprint density at radius 2 is 2.67 bits per heavy atom. The van der Waals surface area contributed by atoms with Gasteiger partial charge in [0.05, 0.1) is 11.2 Å². The summed E-state index contributed by atoms with van der Waals surface area (Å²) in [4.78, 5) is 0.497. The largest absolute Gasteiger partial charge is 0.393 e. The number of hydrogen-bond donors (Lipinski definition) is 2. The third-order valence-electron chi connectivity index (χ3n) is 0.933. The molecule has 4 heteroatoms. The van der Waals surface area contributed by atoms with Crippen molar-refractivity contribution in [3.8, 4) is 0 Å². The second-order valence-corrected chi connectivity index (χ2v) is 2.27. The van der Waals surface area contributed by atoms with Gasteiger partial charge in [0.1, 0.15) is 0 Å². The van der Waals surface area contributed by atoms with Gasteiger partial charge in [-0.05, 0) is 5.56 Å². The fraction of sp³-hybridized carbons (Fsp3) is 0.200. The van der Waals surface area contributed by atoms with Crippen LogP contribution < -0.4 is 5.73 Å². The Morgan fingerprint density at radius 1 is 1.89 bits per heavy atom. The summed E-state index contributed by atoms with van der Waals surface area (Å²) in [6.07, 6.45) is 4.12. The van der Waals surface area contributed by atoms with E-state index in [0.717, 1.165) is 5.56 Å². The van der Waals surface area contributed by atoms with Crippen molar-refractivity contribution in [2.24, 2.45) is 5.73 Å². The van der Waals surface area contributed by atoms with Crippen LogP contribution in [0.2, 0.25) is 0 Å². The molecule has 3 N–H and O–H groups in total. The maximum absolute atomic E-state index is 5.27. The van der Waals surface area contributed by atoms with Crippen molar-refractivity contribution in [2.75, 3.05) is 0 Å². The van der Waals surface area contributed by atoms with Gasteiger partial charge >= 0.3 is 0 Å². The Bertz CT molecular complexity index is 192. The lowest BCUT2D eigenvalue weighted by Gasteiger charge is -1.88. The number of nitrogens with one attached hydrogen (secondary N) is 1. The fourth-order valence-electron chi connectivity index (χ4n) is 0.575. The molecule has 0 aliphatic heterocycles. The number of nitrogens with zero attached hydrogens (tertiary/aromatic N) is 1. The Kier molecular flexibility index (Phi) is 1.79. The summed E-state index contributed by atoms with van der Waals surface area (Å²) in [6.45, 7) is 0. The summed E-state index contributed by atoms with van der Waals surface area (Å²) in [5, 5.41) is 6.40. The molecule has 3 nitrogen and oxygen atoms in total. The third-order valence-corrected chi connectivity index (χ3v) is 1.08. The zero-order valence-electron chi connectivity index (χ0n) is 4.79. The van der Waals surface area contributed by atoms with E-state index in [-0.39, 0.29) is 0 Å². The first-order valence-electron chi connectivity index (χ1n) is 2.55. The number of thiocarbonyl (C=S) groups is 1. The predicted molar refractivity (Wildman–Crippen MR) is 39.1 cm³/mol. The van der Waals surface area contributed by atoms with E-state index in [0.29, 0.717) is 11.4 Å². The van der Waals surface area contributed by atoms with Crippen LogP contribution in [-0.4, -0.2) is 15.2 Å². The van der Waals surface area contributed by atoms with E-state index in [9.17, 15) is 0 Å². The molecule has 0 saturated heterocycles. The molecule has 1 aromatic rings. The number of hydrogen-bond acceptors (Lipinski definition) is 2. The van der Waals surface area contributed by atoms with Gasteiger partial charge in [-0.15, -0.1) is 0 Å². The molecule has 0 atom stereocenters. The Balaban J connectivity index is 2.58. The summed E-state index contributed by atoms with van der Waals surface area (Å²) >= 11 is 4.68. The molecule has 0 aromatic carbocycles. The lowest BCUT2D eigenvalue weighted by atomic mass is 10.3. The molecular formula is C5H7N3S. The van der Waals surface area contributed by atoms with E-state index >= 15 is 0 Å². The van der Waals surface area contributed by atoms with E-state index in [1.807, 2.05) is 0 Å². The Morgan fingerprint density at radius 3 is 3.11 bits per heavy atom. The molecule has 0 bridgehead atoms. The summed E-state index contributed by atoms with van der Waals surface area (Å²) < 4.78 is 0. The minimum absolute atomic E-state index is 0.497. The first-order valence-corrected chi connectivity index (χ1v) is 2.96. The van der Waals surface area contributed by atoms with Gasteiger partial charge < -0.3 is 5.73 Å². The minimum atomic E-state index is 0.497. The van der Waals surface area contributed by atoms with Gasteiger partial charge in [0.15, 0.2) is 0 Å². The highest BCUT2D eigenvalue weighted by Gasteiger charge is 1.93. The SMILES string of the molecule is NC(=S)Cc1cn[nH]c1. The zero-order chi connectivity index (χ0) is 6.69. The molecule has 0 unspecified atom stereocenters. The van der Waals surface area contributed by atoms with Crippen LogP contribution in [0, 0.1) is 0 Å². The van der Waals surface area contributed by atoms with Crippen molar-refractivity contribution in [1.82, 2.24) is 10.2 Å². The lowest BCUT2D eigenvalue weighted by Crippen LogP contribution is -2.10. The van der Waals surface area contributed by atoms with Gasteiger partial charge in [-0.2, -0.15) is 5.10 Å². The highest BCUT2D eigenvalue weighted by molar-refractivity contribution is 7.80. The third kappa shape index (κ3) is 1.81. The topological polar surface area (TPSA) is 54.7 Å². The lowest BCUT2D eigenvalue weighted by molar-refractivity contribution is 1.09. The molecule has 48 valence electrons. The molecule has 0 spiro atoms. The van der Waals surface area contributed by atoms with Crippen LogP contribution in [0.3, 0.4) is 0 Å². The van der Waals surface area contributed by atoms with Crippen molar-refractivity contribution < 1.29 is 0 Å². The first kappa shape index (κ1) is 6.22. The van der Waals surface area contributed by atoms with Crippen LogP contribution in [0.1, 0.15) is 5.56 Å². The highest BCUT2D eigenvalue weighted by Crippen LogP contribution is 1.93. The van der Waals surface area contributed by atoms with E-state index in [4.69, 9.17) is 5.73 Å². The van der Waals surface area contributed by atoms with Gasteiger partial charge in [-0.1, -0.05) is 12.2 Å². The maximum atomic E-state index is 5.27. The van der Waals surface area contributed by atoms with Crippen LogP contribution in [0.4, 0.5) is 0 Å². The smallest absolute Gasteiger partial charge is 0.0772 e. The highest BCUT2D eigenvalue weighted by atomic mass is 32.1. The molecule has 1 aromatic heterocycles. The van der Waals surface area contributed by atoms with Crippen LogP contribution in [0.15, 0.2) is 12.4 Å². The van der Waals surface area contributed by atoms with Gasteiger partial charge in [-0.25, -0.2) is 0 Å². The van der Waals surface area contributed by atoms with E-state index < -0.39 is 0 Å². The molecule has 1 rings (SSSR count). The van der Waals surface area contributed by atoms with E-state index in [2.05, 4.69) is 22.4 Å². The molecule has 0 radical (unpaired) electrons.